The number of nitrogens with zero attached hydrogens (tertiary/aromatic N) is 2. The SMILES string of the molecule is CC(C)(C)[C@@H](C(=O)N[C@H]1CC[C@@H]2CN(S(=O)(=O)c3ccc(C(F)(F)F)cc3)C[C@@H]21)N(C(=O)O)C(C)(C)C. The monoisotopic (exact) mass is 547 g/mol. The second-order valence-corrected chi connectivity index (χ2v) is 14.0. The van der Waals surface area contributed by atoms with Gasteiger partial charge in [0.2, 0.25) is 15.9 Å². The zero-order chi connectivity index (χ0) is 28.1. The first-order valence-electron chi connectivity index (χ1n) is 12.2. The van der Waals surface area contributed by atoms with E-state index >= 15 is 0 Å². The summed E-state index contributed by atoms with van der Waals surface area (Å²) in [6.45, 7) is 10.9. The lowest BCUT2D eigenvalue weighted by Gasteiger charge is -2.44. The highest BCUT2D eigenvalue weighted by atomic mass is 32.2. The average molecular weight is 548 g/mol. The molecule has 0 spiro atoms. The molecule has 208 valence electrons. The number of carbonyl (C=O) groups is 2. The molecule has 1 saturated carbocycles. The molecule has 0 bridgehead atoms. The van der Waals surface area contributed by atoms with Gasteiger partial charge in [0.1, 0.15) is 6.04 Å². The lowest BCUT2D eigenvalue weighted by molar-refractivity contribution is -0.137. The van der Waals surface area contributed by atoms with Crippen LogP contribution >= 0.6 is 0 Å². The number of nitrogens with one attached hydrogen (secondary N) is 1. The summed E-state index contributed by atoms with van der Waals surface area (Å²) in [5.74, 6) is -0.623. The summed E-state index contributed by atoms with van der Waals surface area (Å²) in [6, 6.07) is 2.12. The maximum atomic E-state index is 13.5. The summed E-state index contributed by atoms with van der Waals surface area (Å²) < 4.78 is 66.2. The Morgan fingerprint density at radius 3 is 2.05 bits per heavy atom. The fraction of sp³-hybridized carbons (Fsp3) is 0.680. The largest absolute Gasteiger partial charge is 0.465 e. The topological polar surface area (TPSA) is 107 Å². The first-order chi connectivity index (χ1) is 16.7. The van der Waals surface area contributed by atoms with Gasteiger partial charge in [-0.25, -0.2) is 13.2 Å². The smallest absolute Gasteiger partial charge is 0.416 e. The number of hydrogen-bond acceptors (Lipinski definition) is 4. The summed E-state index contributed by atoms with van der Waals surface area (Å²) in [5, 5.41) is 12.9. The number of carbonyl (C=O) groups excluding carboxylic acids is 1. The molecule has 1 aliphatic heterocycles. The van der Waals surface area contributed by atoms with Crippen molar-refractivity contribution >= 4 is 22.0 Å². The van der Waals surface area contributed by atoms with Gasteiger partial charge in [-0.2, -0.15) is 17.5 Å². The lowest BCUT2D eigenvalue weighted by atomic mass is 9.82. The van der Waals surface area contributed by atoms with Crippen LogP contribution in [-0.4, -0.2) is 65.4 Å². The first-order valence-corrected chi connectivity index (χ1v) is 13.7. The molecule has 1 saturated heterocycles. The minimum Gasteiger partial charge on any atom is -0.465 e. The molecule has 37 heavy (non-hydrogen) atoms. The molecule has 0 unspecified atom stereocenters. The zero-order valence-corrected chi connectivity index (χ0v) is 22.8. The van der Waals surface area contributed by atoms with Crippen LogP contribution in [0.4, 0.5) is 18.0 Å². The van der Waals surface area contributed by atoms with Gasteiger partial charge in [0, 0.05) is 24.7 Å². The van der Waals surface area contributed by atoms with Gasteiger partial charge in [0.25, 0.3) is 0 Å². The standard InChI is InChI=1S/C25H36F3N3O5S/c1-23(2,3)20(31(22(33)34)24(4,5)6)21(32)29-19-12-7-15-13-30(14-18(15)19)37(35,36)17-10-8-16(9-11-17)25(26,27)28/h8-11,15,18-20H,7,12-14H2,1-6H3,(H,29,32)(H,33,34)/t15-,18+,19+,20-/m1/s1. The highest BCUT2D eigenvalue weighted by Crippen LogP contribution is 2.41. The third-order valence-electron chi connectivity index (χ3n) is 7.23. The van der Waals surface area contributed by atoms with Crippen molar-refractivity contribution in [2.45, 2.75) is 83.1 Å². The highest BCUT2D eigenvalue weighted by molar-refractivity contribution is 7.89. The molecule has 2 fully saturated rings. The van der Waals surface area contributed by atoms with E-state index in [1.165, 1.54) is 4.31 Å². The Bertz CT molecular complexity index is 1120. The maximum absolute atomic E-state index is 13.5. The third-order valence-corrected chi connectivity index (χ3v) is 9.07. The second-order valence-electron chi connectivity index (χ2n) is 12.1. The Hall–Kier alpha value is -2.34. The number of amides is 2. The molecule has 12 heteroatoms. The van der Waals surface area contributed by atoms with Crippen LogP contribution in [0.5, 0.6) is 0 Å². The van der Waals surface area contributed by atoms with Crippen LogP contribution in [0.25, 0.3) is 0 Å². The van der Waals surface area contributed by atoms with Crippen molar-refractivity contribution in [1.29, 1.82) is 0 Å². The molecule has 0 radical (unpaired) electrons. The predicted octanol–water partition coefficient (Wildman–Crippen LogP) is 4.41. The molecule has 3 rings (SSSR count). The van der Waals surface area contributed by atoms with Gasteiger partial charge < -0.3 is 10.4 Å². The Kier molecular flexibility index (Phi) is 7.71. The minimum absolute atomic E-state index is 0.0131. The summed E-state index contributed by atoms with van der Waals surface area (Å²) in [7, 11) is -4.01. The van der Waals surface area contributed by atoms with Crippen LogP contribution in [-0.2, 0) is 21.0 Å². The summed E-state index contributed by atoms with van der Waals surface area (Å²) in [5.41, 5.74) is -2.47. The van der Waals surface area contributed by atoms with Crippen LogP contribution in [0, 0.1) is 17.3 Å². The fourth-order valence-corrected chi connectivity index (χ4v) is 7.04. The van der Waals surface area contributed by atoms with Crippen molar-refractivity contribution in [3.8, 4) is 0 Å². The van der Waals surface area contributed by atoms with Crippen LogP contribution in [0.3, 0.4) is 0 Å². The zero-order valence-electron chi connectivity index (χ0n) is 22.0. The Morgan fingerprint density at radius 2 is 1.59 bits per heavy atom. The molecular formula is C25H36F3N3O5S. The van der Waals surface area contributed by atoms with Gasteiger partial charge in [0.15, 0.2) is 0 Å². The number of halogens is 3. The van der Waals surface area contributed by atoms with E-state index in [4.69, 9.17) is 0 Å². The van der Waals surface area contributed by atoms with E-state index < -0.39 is 50.8 Å². The van der Waals surface area contributed by atoms with Gasteiger partial charge in [-0.15, -0.1) is 0 Å². The van der Waals surface area contributed by atoms with Gasteiger partial charge in [-0.1, -0.05) is 20.8 Å². The van der Waals surface area contributed by atoms with E-state index in [1.54, 1.807) is 41.5 Å². The summed E-state index contributed by atoms with van der Waals surface area (Å²) in [4.78, 5) is 26.6. The number of benzene rings is 1. The van der Waals surface area contributed by atoms with Crippen LogP contribution in [0.1, 0.15) is 59.9 Å². The molecule has 2 N–H and O–H groups in total. The van der Waals surface area contributed by atoms with Crippen molar-refractivity contribution in [2.75, 3.05) is 13.1 Å². The molecule has 1 aromatic rings. The number of sulfonamides is 1. The van der Waals surface area contributed by atoms with E-state index in [-0.39, 0.29) is 35.9 Å². The molecule has 0 aromatic heterocycles. The molecule has 1 heterocycles. The second kappa shape index (κ2) is 9.76. The van der Waals surface area contributed by atoms with Crippen LogP contribution < -0.4 is 5.32 Å². The number of carboxylic acid groups (broad SMARTS) is 1. The Labute approximate surface area is 216 Å². The van der Waals surface area contributed by atoms with E-state index in [0.29, 0.717) is 12.8 Å². The lowest BCUT2D eigenvalue weighted by Crippen LogP contribution is -2.62. The van der Waals surface area contributed by atoms with Gasteiger partial charge >= 0.3 is 12.3 Å². The van der Waals surface area contributed by atoms with Crippen molar-refractivity contribution < 1.29 is 36.3 Å². The van der Waals surface area contributed by atoms with Crippen molar-refractivity contribution in [1.82, 2.24) is 14.5 Å². The molecule has 8 nitrogen and oxygen atoms in total. The molecular weight excluding hydrogens is 511 g/mol. The van der Waals surface area contributed by atoms with Gasteiger partial charge in [-0.05, 0) is 75.1 Å². The van der Waals surface area contributed by atoms with Crippen molar-refractivity contribution in [3.63, 3.8) is 0 Å². The summed E-state index contributed by atoms with van der Waals surface area (Å²) >= 11 is 0. The van der Waals surface area contributed by atoms with Crippen LogP contribution in [0.15, 0.2) is 29.2 Å². The summed E-state index contributed by atoms with van der Waals surface area (Å²) in [6.07, 6.45) is -4.46. The normalized spacial score (nSPS) is 24.0. The van der Waals surface area contributed by atoms with Crippen molar-refractivity contribution in [2.24, 2.45) is 17.3 Å². The van der Waals surface area contributed by atoms with E-state index in [0.717, 1.165) is 29.2 Å². The van der Waals surface area contributed by atoms with E-state index in [1.807, 2.05) is 0 Å². The highest BCUT2D eigenvalue weighted by Gasteiger charge is 2.49. The molecule has 2 amide bonds. The molecule has 1 aliphatic carbocycles. The molecule has 4 atom stereocenters. The van der Waals surface area contributed by atoms with Gasteiger partial charge in [-0.3, -0.25) is 9.69 Å². The maximum Gasteiger partial charge on any atom is 0.416 e. The number of fused-ring (bicyclic) bond motifs is 1. The van der Waals surface area contributed by atoms with E-state index in [2.05, 4.69) is 5.32 Å². The van der Waals surface area contributed by atoms with Crippen molar-refractivity contribution in [3.05, 3.63) is 29.8 Å². The number of rotatable bonds is 5. The average Bonchev–Trinajstić information content (AvgIpc) is 3.31. The molecule has 2 aliphatic rings. The Balaban J connectivity index is 1.78. The van der Waals surface area contributed by atoms with Gasteiger partial charge in [0.05, 0.1) is 10.5 Å². The van der Waals surface area contributed by atoms with E-state index in [9.17, 15) is 36.3 Å². The van der Waals surface area contributed by atoms with Crippen LogP contribution in [0.2, 0.25) is 0 Å². The minimum atomic E-state index is -4.56. The predicted molar refractivity (Wildman–Crippen MR) is 131 cm³/mol. The first kappa shape index (κ1) is 29.2. The quantitative estimate of drug-likeness (QED) is 0.568. The fourth-order valence-electron chi connectivity index (χ4n) is 5.51. The molecule has 1 aromatic carbocycles. The Morgan fingerprint density at radius 1 is 1.03 bits per heavy atom. The number of hydrogen-bond donors (Lipinski definition) is 2. The third kappa shape index (κ3) is 6.05. The number of alkyl halides is 3.